The number of hydrogen-bond acceptors (Lipinski definition) is 5. The number of hydrogen-bond donors (Lipinski definition) is 3. The Kier molecular flexibility index (Phi) is 12.0. The first-order valence-electron chi connectivity index (χ1n) is 15.1. The van der Waals surface area contributed by atoms with Gasteiger partial charge in [0.1, 0.15) is 11.4 Å². The molecule has 0 heterocycles. The Balaban J connectivity index is 1.51. The first kappa shape index (κ1) is 33.1. The minimum Gasteiger partial charge on any atom is -0.492 e. The highest BCUT2D eigenvalue weighted by molar-refractivity contribution is 8.00. The maximum atomic E-state index is 13.6. The predicted octanol–water partition coefficient (Wildman–Crippen LogP) is 8.13. The van der Waals surface area contributed by atoms with Crippen LogP contribution in [0.3, 0.4) is 0 Å². The van der Waals surface area contributed by atoms with Crippen LogP contribution in [0.1, 0.15) is 61.5 Å². The van der Waals surface area contributed by atoms with Gasteiger partial charge in [0, 0.05) is 16.1 Å². The van der Waals surface area contributed by atoms with E-state index in [0.29, 0.717) is 41.6 Å². The Morgan fingerprint density at radius 2 is 1.53 bits per heavy atom. The van der Waals surface area contributed by atoms with Crippen molar-refractivity contribution < 1.29 is 19.1 Å². The smallest absolute Gasteiger partial charge is 0.272 e. The van der Waals surface area contributed by atoms with Crippen molar-refractivity contribution in [3.8, 4) is 5.75 Å². The minimum atomic E-state index is -0.466. The molecule has 0 aliphatic rings. The molecular formula is C37H39N3O4S. The van der Waals surface area contributed by atoms with Crippen LogP contribution in [0, 0.1) is 0 Å². The van der Waals surface area contributed by atoms with E-state index in [4.69, 9.17) is 4.74 Å². The fourth-order valence-corrected chi connectivity index (χ4v) is 5.50. The number of benzene rings is 4. The first-order chi connectivity index (χ1) is 21.8. The standard InChI is InChI=1S/C37H39N3O4S/c1-5-34(37(43)39-31-17-10-11-18-33(31)44-6-2)45-30-16-12-15-29(24-30)38-36(42)32(40-35(41)28-13-8-7-9-14-28)23-26-19-21-27(22-20-26)25(3)4/h7-25,34H,5-6H2,1-4H3,(H,38,42)(H,39,43)(H,40,41)/b32-23+. The summed E-state index contributed by atoms with van der Waals surface area (Å²) in [5.41, 5.74) is 3.68. The van der Waals surface area contributed by atoms with Gasteiger partial charge in [-0.2, -0.15) is 0 Å². The number of carbonyl (C=O) groups excluding carboxylic acids is 3. The lowest BCUT2D eigenvalue weighted by atomic mass is 10.0. The molecule has 45 heavy (non-hydrogen) atoms. The molecule has 1 unspecified atom stereocenters. The van der Waals surface area contributed by atoms with E-state index in [9.17, 15) is 14.4 Å². The average molecular weight is 622 g/mol. The number of thioether (sulfide) groups is 1. The van der Waals surface area contributed by atoms with Crippen molar-refractivity contribution in [3.63, 3.8) is 0 Å². The third kappa shape index (κ3) is 9.58. The number of ether oxygens (including phenoxy) is 1. The molecule has 1 atom stereocenters. The van der Waals surface area contributed by atoms with Crippen molar-refractivity contribution in [3.05, 3.63) is 126 Å². The van der Waals surface area contributed by atoms with Crippen LogP contribution < -0.4 is 20.7 Å². The summed E-state index contributed by atoms with van der Waals surface area (Å²) < 4.78 is 5.65. The van der Waals surface area contributed by atoms with E-state index >= 15 is 0 Å². The molecule has 4 aromatic carbocycles. The average Bonchev–Trinajstić information content (AvgIpc) is 3.05. The van der Waals surface area contributed by atoms with Gasteiger partial charge in [-0.05, 0) is 78.9 Å². The van der Waals surface area contributed by atoms with E-state index < -0.39 is 5.91 Å². The van der Waals surface area contributed by atoms with Crippen molar-refractivity contribution in [1.82, 2.24) is 5.32 Å². The van der Waals surface area contributed by atoms with Gasteiger partial charge < -0.3 is 20.7 Å². The molecule has 3 amide bonds. The number of anilines is 2. The Hall–Kier alpha value is -4.82. The number of nitrogens with one attached hydrogen (secondary N) is 3. The quantitative estimate of drug-likeness (QED) is 0.103. The Labute approximate surface area is 269 Å². The van der Waals surface area contributed by atoms with Crippen molar-refractivity contribution in [1.29, 1.82) is 0 Å². The molecule has 7 nitrogen and oxygen atoms in total. The lowest BCUT2D eigenvalue weighted by molar-refractivity contribution is -0.116. The second-order valence-electron chi connectivity index (χ2n) is 10.6. The van der Waals surface area contributed by atoms with Gasteiger partial charge in [-0.25, -0.2) is 0 Å². The molecular weight excluding hydrogens is 582 g/mol. The maximum absolute atomic E-state index is 13.6. The number of rotatable bonds is 13. The van der Waals surface area contributed by atoms with Crippen LogP contribution in [0.5, 0.6) is 5.75 Å². The Morgan fingerprint density at radius 1 is 0.822 bits per heavy atom. The summed E-state index contributed by atoms with van der Waals surface area (Å²) in [6, 6.07) is 31.3. The molecule has 0 saturated carbocycles. The lowest BCUT2D eigenvalue weighted by Crippen LogP contribution is -2.30. The molecule has 0 aliphatic heterocycles. The van der Waals surface area contributed by atoms with Gasteiger partial charge in [-0.1, -0.05) is 81.4 Å². The van der Waals surface area contributed by atoms with E-state index in [1.165, 1.54) is 17.3 Å². The summed E-state index contributed by atoms with van der Waals surface area (Å²) in [5.74, 6) is 0.00547. The van der Waals surface area contributed by atoms with Crippen LogP contribution in [-0.2, 0) is 9.59 Å². The van der Waals surface area contributed by atoms with E-state index in [0.717, 1.165) is 10.5 Å². The van der Waals surface area contributed by atoms with E-state index in [1.54, 1.807) is 36.4 Å². The predicted molar refractivity (Wildman–Crippen MR) is 184 cm³/mol. The molecule has 3 N–H and O–H groups in total. The molecule has 0 bridgehead atoms. The number of amides is 3. The summed E-state index contributed by atoms with van der Waals surface area (Å²) in [5, 5.41) is 8.32. The monoisotopic (exact) mass is 621 g/mol. The first-order valence-corrected chi connectivity index (χ1v) is 15.9. The molecule has 0 fully saturated rings. The summed E-state index contributed by atoms with van der Waals surface area (Å²) in [6.45, 7) is 8.58. The van der Waals surface area contributed by atoms with Gasteiger partial charge in [0.05, 0.1) is 17.5 Å². The number of carbonyl (C=O) groups is 3. The van der Waals surface area contributed by atoms with Crippen molar-refractivity contribution in [2.75, 3.05) is 17.2 Å². The molecule has 0 saturated heterocycles. The number of para-hydroxylation sites is 2. The van der Waals surface area contributed by atoms with Crippen molar-refractivity contribution in [2.45, 2.75) is 50.2 Å². The zero-order valence-corrected chi connectivity index (χ0v) is 26.8. The second kappa shape index (κ2) is 16.3. The Morgan fingerprint density at radius 3 is 2.22 bits per heavy atom. The minimum absolute atomic E-state index is 0.109. The zero-order chi connectivity index (χ0) is 32.2. The van der Waals surface area contributed by atoms with Crippen LogP contribution in [0.15, 0.2) is 114 Å². The summed E-state index contributed by atoms with van der Waals surface area (Å²) >= 11 is 1.41. The topological polar surface area (TPSA) is 96.5 Å². The van der Waals surface area contributed by atoms with Crippen molar-refractivity contribution in [2.24, 2.45) is 0 Å². The summed E-state index contributed by atoms with van der Waals surface area (Å²) in [7, 11) is 0. The summed E-state index contributed by atoms with van der Waals surface area (Å²) in [4.78, 5) is 40.6. The molecule has 0 radical (unpaired) electrons. The normalized spacial score (nSPS) is 11.9. The third-order valence-electron chi connectivity index (χ3n) is 6.92. The molecule has 4 aromatic rings. The van der Waals surface area contributed by atoms with Gasteiger partial charge in [-0.3, -0.25) is 14.4 Å². The zero-order valence-electron chi connectivity index (χ0n) is 26.0. The molecule has 0 aliphatic carbocycles. The van der Waals surface area contributed by atoms with E-state index in [-0.39, 0.29) is 22.8 Å². The largest absolute Gasteiger partial charge is 0.492 e. The highest BCUT2D eigenvalue weighted by atomic mass is 32.2. The van der Waals surface area contributed by atoms with Crippen LogP contribution in [-0.4, -0.2) is 29.6 Å². The van der Waals surface area contributed by atoms with Crippen molar-refractivity contribution >= 4 is 46.9 Å². The van der Waals surface area contributed by atoms with E-state index in [2.05, 4.69) is 29.8 Å². The second-order valence-corrected chi connectivity index (χ2v) is 11.9. The van der Waals surface area contributed by atoms with Crippen LogP contribution >= 0.6 is 11.8 Å². The molecule has 8 heteroatoms. The molecule has 0 aromatic heterocycles. The molecule has 232 valence electrons. The van der Waals surface area contributed by atoms with Gasteiger partial charge in [0.25, 0.3) is 11.8 Å². The van der Waals surface area contributed by atoms with E-state index in [1.807, 2.05) is 86.6 Å². The molecule has 4 rings (SSSR count). The van der Waals surface area contributed by atoms with Gasteiger partial charge in [-0.15, -0.1) is 11.8 Å². The highest BCUT2D eigenvalue weighted by Crippen LogP contribution is 2.30. The summed E-state index contributed by atoms with van der Waals surface area (Å²) in [6.07, 6.45) is 2.26. The van der Waals surface area contributed by atoms with Crippen LogP contribution in [0.2, 0.25) is 0 Å². The van der Waals surface area contributed by atoms with Gasteiger partial charge in [0.2, 0.25) is 5.91 Å². The Bertz CT molecular complexity index is 1640. The SMILES string of the molecule is CCOc1ccccc1NC(=O)C(CC)Sc1cccc(NC(=O)/C(=C\c2ccc(C(C)C)cc2)NC(=O)c2ccccc2)c1. The fraction of sp³-hybridized carbons (Fsp3) is 0.216. The lowest BCUT2D eigenvalue weighted by Gasteiger charge is -2.17. The van der Waals surface area contributed by atoms with Gasteiger partial charge in [0.15, 0.2) is 0 Å². The fourth-order valence-electron chi connectivity index (χ4n) is 4.48. The van der Waals surface area contributed by atoms with Gasteiger partial charge >= 0.3 is 0 Å². The van der Waals surface area contributed by atoms with Crippen LogP contribution in [0.25, 0.3) is 6.08 Å². The highest BCUT2D eigenvalue weighted by Gasteiger charge is 2.20. The maximum Gasteiger partial charge on any atom is 0.272 e. The third-order valence-corrected chi connectivity index (χ3v) is 8.28. The molecule has 0 spiro atoms. The van der Waals surface area contributed by atoms with Crippen LogP contribution in [0.4, 0.5) is 11.4 Å².